The molecule has 1 aliphatic rings. The molecule has 1 heterocycles. The predicted molar refractivity (Wildman–Crippen MR) is 82.7 cm³/mol. The SMILES string of the molecule is CN1CCN(c2cc(Cl)cc(N)c2C=N)CC1(C)C. The number of likely N-dealkylation sites (N-methyl/N-ethyl adjacent to an activating group) is 1. The molecule has 1 aromatic rings. The summed E-state index contributed by atoms with van der Waals surface area (Å²) in [7, 11) is 2.14. The maximum absolute atomic E-state index is 7.57. The van der Waals surface area contributed by atoms with Crippen molar-refractivity contribution in [3.05, 3.63) is 22.7 Å². The maximum atomic E-state index is 7.57. The summed E-state index contributed by atoms with van der Waals surface area (Å²) in [5, 5.41) is 8.19. The third-order valence-electron chi connectivity index (χ3n) is 3.96. The number of rotatable bonds is 2. The van der Waals surface area contributed by atoms with Crippen LogP contribution in [0.1, 0.15) is 19.4 Å². The van der Waals surface area contributed by atoms with E-state index in [-0.39, 0.29) is 5.54 Å². The van der Waals surface area contributed by atoms with Gasteiger partial charge < -0.3 is 16.0 Å². The molecule has 1 saturated heterocycles. The average Bonchev–Trinajstić information content (AvgIpc) is 2.31. The summed E-state index contributed by atoms with van der Waals surface area (Å²) >= 11 is 6.11. The normalized spacial score (nSPS) is 19.5. The zero-order valence-electron chi connectivity index (χ0n) is 11.7. The summed E-state index contributed by atoms with van der Waals surface area (Å²) in [6.07, 6.45) is 1.31. The zero-order chi connectivity index (χ0) is 14.2. The molecule has 0 amide bonds. The van der Waals surface area contributed by atoms with Crippen molar-refractivity contribution in [2.24, 2.45) is 0 Å². The van der Waals surface area contributed by atoms with Crippen molar-refractivity contribution >= 4 is 29.2 Å². The van der Waals surface area contributed by atoms with Crippen molar-refractivity contribution in [2.45, 2.75) is 19.4 Å². The molecular formula is C14H21ClN4. The van der Waals surface area contributed by atoms with Crippen molar-refractivity contribution in [3.63, 3.8) is 0 Å². The number of hydrogen-bond donors (Lipinski definition) is 2. The highest BCUT2D eigenvalue weighted by atomic mass is 35.5. The van der Waals surface area contributed by atoms with Gasteiger partial charge >= 0.3 is 0 Å². The van der Waals surface area contributed by atoms with Crippen LogP contribution in [0.25, 0.3) is 0 Å². The van der Waals surface area contributed by atoms with E-state index < -0.39 is 0 Å². The Bertz CT molecular complexity index is 498. The van der Waals surface area contributed by atoms with Gasteiger partial charge in [0.15, 0.2) is 0 Å². The number of benzene rings is 1. The summed E-state index contributed by atoms with van der Waals surface area (Å²) in [6, 6.07) is 3.60. The molecule has 4 nitrogen and oxygen atoms in total. The molecule has 104 valence electrons. The van der Waals surface area contributed by atoms with Crippen LogP contribution in [-0.2, 0) is 0 Å². The Morgan fingerprint density at radius 1 is 1.37 bits per heavy atom. The van der Waals surface area contributed by atoms with Crippen molar-refractivity contribution in [1.82, 2.24) is 4.90 Å². The Labute approximate surface area is 119 Å². The van der Waals surface area contributed by atoms with E-state index in [4.69, 9.17) is 22.7 Å². The van der Waals surface area contributed by atoms with Gasteiger partial charge in [0, 0.05) is 53.3 Å². The lowest BCUT2D eigenvalue weighted by molar-refractivity contribution is 0.139. The summed E-state index contributed by atoms with van der Waals surface area (Å²) in [4.78, 5) is 4.62. The lowest BCUT2D eigenvalue weighted by Crippen LogP contribution is -2.57. The van der Waals surface area contributed by atoms with Crippen molar-refractivity contribution in [3.8, 4) is 0 Å². The molecule has 1 fully saturated rings. The smallest absolute Gasteiger partial charge is 0.0492 e. The summed E-state index contributed by atoms with van der Waals surface area (Å²) in [5.41, 5.74) is 8.33. The van der Waals surface area contributed by atoms with Gasteiger partial charge in [0.2, 0.25) is 0 Å². The molecule has 0 atom stereocenters. The first-order valence-corrected chi connectivity index (χ1v) is 6.78. The van der Waals surface area contributed by atoms with E-state index in [1.54, 1.807) is 6.07 Å². The van der Waals surface area contributed by atoms with E-state index in [1.165, 1.54) is 6.21 Å². The van der Waals surface area contributed by atoms with E-state index in [0.29, 0.717) is 10.7 Å². The minimum atomic E-state index is 0.0919. The van der Waals surface area contributed by atoms with Gasteiger partial charge in [-0.25, -0.2) is 0 Å². The molecule has 0 aromatic heterocycles. The van der Waals surface area contributed by atoms with Crippen LogP contribution in [0.5, 0.6) is 0 Å². The quantitative estimate of drug-likeness (QED) is 0.646. The number of halogens is 1. The number of nitrogens with zero attached hydrogens (tertiary/aromatic N) is 2. The number of nitrogens with two attached hydrogens (primary N) is 1. The number of nitrogen functional groups attached to an aromatic ring is 1. The minimum Gasteiger partial charge on any atom is -0.398 e. The molecule has 0 spiro atoms. The second-order valence-electron chi connectivity index (χ2n) is 5.73. The molecule has 0 unspecified atom stereocenters. The van der Waals surface area contributed by atoms with Crippen LogP contribution >= 0.6 is 11.6 Å². The number of anilines is 2. The van der Waals surface area contributed by atoms with Gasteiger partial charge in [-0.1, -0.05) is 11.6 Å². The lowest BCUT2D eigenvalue weighted by Gasteiger charge is -2.46. The molecule has 1 aliphatic heterocycles. The van der Waals surface area contributed by atoms with Crippen LogP contribution in [0.3, 0.4) is 0 Å². The second-order valence-corrected chi connectivity index (χ2v) is 6.16. The Morgan fingerprint density at radius 2 is 2.05 bits per heavy atom. The second kappa shape index (κ2) is 5.02. The van der Waals surface area contributed by atoms with Crippen LogP contribution < -0.4 is 10.6 Å². The van der Waals surface area contributed by atoms with E-state index >= 15 is 0 Å². The fraction of sp³-hybridized carbons (Fsp3) is 0.500. The highest BCUT2D eigenvalue weighted by Gasteiger charge is 2.32. The van der Waals surface area contributed by atoms with Crippen LogP contribution in [0, 0.1) is 5.41 Å². The minimum absolute atomic E-state index is 0.0919. The molecule has 1 aromatic carbocycles. The highest BCUT2D eigenvalue weighted by molar-refractivity contribution is 6.31. The predicted octanol–water partition coefficient (Wildman–Crippen LogP) is 2.45. The summed E-state index contributed by atoms with van der Waals surface area (Å²) < 4.78 is 0. The molecule has 3 N–H and O–H groups in total. The first-order valence-electron chi connectivity index (χ1n) is 6.41. The molecule has 0 aliphatic carbocycles. The number of piperazine rings is 1. The lowest BCUT2D eigenvalue weighted by atomic mass is 9.98. The molecule has 0 bridgehead atoms. The van der Waals surface area contributed by atoms with Gasteiger partial charge in [-0.15, -0.1) is 0 Å². The largest absolute Gasteiger partial charge is 0.398 e. The van der Waals surface area contributed by atoms with E-state index in [9.17, 15) is 0 Å². The third kappa shape index (κ3) is 2.69. The average molecular weight is 281 g/mol. The van der Waals surface area contributed by atoms with Gasteiger partial charge in [-0.2, -0.15) is 0 Å². The Kier molecular flexibility index (Phi) is 3.74. The van der Waals surface area contributed by atoms with Crippen LogP contribution in [0.4, 0.5) is 11.4 Å². The van der Waals surface area contributed by atoms with Crippen LogP contribution in [0.2, 0.25) is 5.02 Å². The number of nitrogens with one attached hydrogen (secondary N) is 1. The van der Waals surface area contributed by atoms with E-state index in [1.807, 2.05) is 6.07 Å². The third-order valence-corrected chi connectivity index (χ3v) is 4.17. The van der Waals surface area contributed by atoms with Gasteiger partial charge in [0.05, 0.1) is 0 Å². The first kappa shape index (κ1) is 14.2. The monoisotopic (exact) mass is 280 g/mol. The van der Waals surface area contributed by atoms with Crippen LogP contribution in [0.15, 0.2) is 12.1 Å². The van der Waals surface area contributed by atoms with Gasteiger partial charge in [-0.3, -0.25) is 4.90 Å². The Hall–Kier alpha value is -1.26. The molecule has 0 saturated carbocycles. The van der Waals surface area contributed by atoms with Gasteiger partial charge in [0.1, 0.15) is 0 Å². The standard InChI is InChI=1S/C14H21ClN4/c1-14(2)9-19(5-4-18(14)3)13-7-10(15)6-12(17)11(13)8-16/h6-8,16H,4-5,9,17H2,1-3H3. The molecule has 0 radical (unpaired) electrons. The van der Waals surface area contributed by atoms with Gasteiger partial charge in [-0.05, 0) is 33.0 Å². The van der Waals surface area contributed by atoms with Gasteiger partial charge in [0.25, 0.3) is 0 Å². The topological polar surface area (TPSA) is 56.4 Å². The summed E-state index contributed by atoms with van der Waals surface area (Å²) in [6.45, 7) is 7.23. The summed E-state index contributed by atoms with van der Waals surface area (Å²) in [5.74, 6) is 0. The van der Waals surface area contributed by atoms with E-state index in [2.05, 4.69) is 30.7 Å². The van der Waals surface area contributed by atoms with Crippen molar-refractivity contribution in [2.75, 3.05) is 37.3 Å². The fourth-order valence-electron chi connectivity index (χ4n) is 2.49. The van der Waals surface area contributed by atoms with E-state index in [0.717, 1.165) is 30.9 Å². The Morgan fingerprint density at radius 3 is 2.63 bits per heavy atom. The first-order chi connectivity index (χ1) is 8.85. The number of hydrogen-bond acceptors (Lipinski definition) is 4. The zero-order valence-corrected chi connectivity index (χ0v) is 12.5. The fourth-order valence-corrected chi connectivity index (χ4v) is 2.71. The molecule has 19 heavy (non-hydrogen) atoms. The molecular weight excluding hydrogens is 260 g/mol. The highest BCUT2D eigenvalue weighted by Crippen LogP contribution is 2.32. The Balaban J connectivity index is 2.40. The molecule has 2 rings (SSSR count). The van der Waals surface area contributed by atoms with Crippen LogP contribution in [-0.4, -0.2) is 43.3 Å². The van der Waals surface area contributed by atoms with Crippen molar-refractivity contribution < 1.29 is 0 Å². The van der Waals surface area contributed by atoms with Crippen molar-refractivity contribution in [1.29, 1.82) is 5.41 Å². The maximum Gasteiger partial charge on any atom is 0.0492 e. The molecule has 5 heteroatoms.